The summed E-state index contributed by atoms with van der Waals surface area (Å²) >= 11 is 0. The fraction of sp³-hybridized carbons (Fsp3) is 0.474. The van der Waals surface area contributed by atoms with Crippen molar-refractivity contribution in [3.63, 3.8) is 0 Å². The molecule has 7 heteroatoms. The Kier molecular flexibility index (Phi) is 4.92. The van der Waals surface area contributed by atoms with Gasteiger partial charge in [-0.15, -0.1) is 4.40 Å². The topological polar surface area (TPSA) is 70.0 Å². The van der Waals surface area contributed by atoms with Crippen molar-refractivity contribution >= 4 is 21.8 Å². The Hall–Kier alpha value is -2.15. The number of hydrogen-bond donors (Lipinski definition) is 0. The van der Waals surface area contributed by atoms with Crippen LogP contribution in [0.15, 0.2) is 40.4 Å². The van der Waals surface area contributed by atoms with Gasteiger partial charge in [-0.2, -0.15) is 8.42 Å². The lowest BCUT2D eigenvalue weighted by Crippen LogP contribution is -2.50. The highest BCUT2D eigenvalue weighted by atomic mass is 32.2. The Morgan fingerprint density at radius 3 is 2.27 bits per heavy atom. The molecule has 0 aromatic heterocycles. The highest BCUT2D eigenvalue weighted by Gasteiger charge is 2.36. The van der Waals surface area contributed by atoms with Crippen LogP contribution in [-0.4, -0.2) is 48.4 Å². The van der Waals surface area contributed by atoms with Gasteiger partial charge in [0.05, 0.1) is 5.71 Å². The fourth-order valence-corrected chi connectivity index (χ4v) is 4.48. The fourth-order valence-electron chi connectivity index (χ4n) is 3.57. The minimum Gasteiger partial charge on any atom is -0.332 e. The summed E-state index contributed by atoms with van der Waals surface area (Å²) < 4.78 is 29.9. The first-order valence-electron chi connectivity index (χ1n) is 8.91. The third kappa shape index (κ3) is 3.40. The van der Waals surface area contributed by atoms with Crippen molar-refractivity contribution in [3.8, 4) is 0 Å². The van der Waals surface area contributed by atoms with E-state index in [0.717, 1.165) is 29.1 Å². The zero-order valence-electron chi connectivity index (χ0n) is 15.6. The number of rotatable bonds is 2. The van der Waals surface area contributed by atoms with Crippen LogP contribution in [0.4, 0.5) is 0 Å². The van der Waals surface area contributed by atoms with Gasteiger partial charge in [-0.05, 0) is 46.1 Å². The summed E-state index contributed by atoms with van der Waals surface area (Å²) in [4.78, 5) is 15.0. The number of aryl methyl sites for hydroxylation is 1. The molecule has 2 atom stereocenters. The molecule has 1 amide bonds. The molecule has 0 bridgehead atoms. The zero-order valence-corrected chi connectivity index (χ0v) is 16.5. The molecule has 6 nitrogen and oxygen atoms in total. The van der Waals surface area contributed by atoms with E-state index in [1.165, 1.54) is 7.05 Å². The van der Waals surface area contributed by atoms with Crippen LogP contribution < -0.4 is 0 Å². The van der Waals surface area contributed by atoms with Gasteiger partial charge in [0.1, 0.15) is 5.70 Å². The Balaban J connectivity index is 2.03. The second kappa shape index (κ2) is 6.87. The summed E-state index contributed by atoms with van der Waals surface area (Å²) in [5, 5.41) is 0. The van der Waals surface area contributed by atoms with Crippen LogP contribution in [0.3, 0.4) is 0 Å². The van der Waals surface area contributed by atoms with Crippen LogP contribution in [0, 0.1) is 6.92 Å². The maximum Gasteiger partial charge on any atom is 0.345 e. The number of hydrogen-bond acceptors (Lipinski definition) is 3. The van der Waals surface area contributed by atoms with Gasteiger partial charge in [-0.25, -0.2) is 4.31 Å². The van der Waals surface area contributed by atoms with Crippen LogP contribution in [-0.2, 0) is 15.0 Å². The highest BCUT2D eigenvalue weighted by Crippen LogP contribution is 2.28. The second-order valence-electron chi connectivity index (χ2n) is 7.16. The maximum absolute atomic E-state index is 13.2. The number of likely N-dealkylation sites (N-methyl/N-ethyl adjacent to an activating group) is 1. The lowest BCUT2D eigenvalue weighted by Gasteiger charge is -2.40. The molecule has 0 radical (unpaired) electrons. The zero-order chi connectivity index (χ0) is 19.1. The van der Waals surface area contributed by atoms with Gasteiger partial charge in [-0.3, -0.25) is 4.79 Å². The minimum atomic E-state index is -3.93. The van der Waals surface area contributed by atoms with Crippen molar-refractivity contribution < 1.29 is 13.2 Å². The third-order valence-electron chi connectivity index (χ3n) is 5.17. The molecule has 0 N–H and O–H groups in total. The molecule has 140 valence electrons. The number of carbonyl (C=O) groups excluding carboxylic acids is 1. The average Bonchev–Trinajstić information content (AvgIpc) is 2.57. The van der Waals surface area contributed by atoms with E-state index in [1.54, 1.807) is 11.0 Å². The largest absolute Gasteiger partial charge is 0.345 e. The van der Waals surface area contributed by atoms with Crippen LogP contribution in [0.5, 0.6) is 0 Å². The molecule has 3 rings (SSSR count). The molecule has 1 fully saturated rings. The lowest BCUT2D eigenvalue weighted by atomic mass is 9.97. The predicted octanol–water partition coefficient (Wildman–Crippen LogP) is 2.65. The van der Waals surface area contributed by atoms with Gasteiger partial charge >= 0.3 is 10.2 Å². The first kappa shape index (κ1) is 18.6. The van der Waals surface area contributed by atoms with E-state index >= 15 is 0 Å². The molecule has 0 unspecified atom stereocenters. The number of benzene rings is 1. The van der Waals surface area contributed by atoms with Crippen molar-refractivity contribution in [1.82, 2.24) is 9.21 Å². The quantitative estimate of drug-likeness (QED) is 0.798. The molecular weight excluding hydrogens is 350 g/mol. The summed E-state index contributed by atoms with van der Waals surface area (Å²) in [6.45, 7) is 5.99. The maximum atomic E-state index is 13.2. The molecular formula is C19H25N3O3S. The van der Waals surface area contributed by atoms with Crippen LogP contribution in [0.2, 0.25) is 0 Å². The van der Waals surface area contributed by atoms with Gasteiger partial charge < -0.3 is 4.90 Å². The SMILES string of the molecule is Cc1ccc(C2=NS(=O)(=O)N(C)C(C(=O)N3[C@@H](C)CCC[C@@H]3C)=C2)cc1. The van der Waals surface area contributed by atoms with Gasteiger partial charge in [-0.1, -0.05) is 29.8 Å². The predicted molar refractivity (Wildman–Crippen MR) is 102 cm³/mol. The summed E-state index contributed by atoms with van der Waals surface area (Å²) in [6, 6.07) is 7.61. The first-order chi connectivity index (χ1) is 12.2. The van der Waals surface area contributed by atoms with Gasteiger partial charge in [0.15, 0.2) is 0 Å². The van der Waals surface area contributed by atoms with Crippen LogP contribution in [0.25, 0.3) is 0 Å². The van der Waals surface area contributed by atoms with Gasteiger partial charge in [0, 0.05) is 24.7 Å². The monoisotopic (exact) mass is 375 g/mol. The molecule has 2 aliphatic heterocycles. The smallest absolute Gasteiger partial charge is 0.332 e. The number of piperidine rings is 1. The number of likely N-dealkylation sites (tertiary alicyclic amines) is 1. The number of allylic oxidation sites excluding steroid dienone is 1. The Morgan fingerprint density at radius 2 is 1.69 bits per heavy atom. The highest BCUT2D eigenvalue weighted by molar-refractivity contribution is 7.88. The van der Waals surface area contributed by atoms with Crippen LogP contribution in [0.1, 0.15) is 44.2 Å². The van der Waals surface area contributed by atoms with Crippen molar-refractivity contribution in [2.45, 2.75) is 52.1 Å². The number of nitrogens with zero attached hydrogens (tertiary/aromatic N) is 3. The van der Waals surface area contributed by atoms with E-state index in [-0.39, 0.29) is 23.7 Å². The molecule has 1 aromatic rings. The molecule has 0 spiro atoms. The summed E-state index contributed by atoms with van der Waals surface area (Å²) in [7, 11) is -2.55. The van der Waals surface area contributed by atoms with E-state index in [2.05, 4.69) is 4.40 Å². The second-order valence-corrected chi connectivity index (χ2v) is 8.78. The molecule has 2 aliphatic rings. The Morgan fingerprint density at radius 1 is 1.12 bits per heavy atom. The third-order valence-corrected chi connectivity index (χ3v) is 6.48. The normalized spacial score (nSPS) is 25.5. The minimum absolute atomic E-state index is 0.0879. The molecule has 1 aromatic carbocycles. The summed E-state index contributed by atoms with van der Waals surface area (Å²) in [5.74, 6) is -0.254. The van der Waals surface area contributed by atoms with Crippen molar-refractivity contribution in [2.24, 2.45) is 4.40 Å². The van der Waals surface area contributed by atoms with Crippen molar-refractivity contribution in [3.05, 3.63) is 47.2 Å². The summed E-state index contributed by atoms with van der Waals surface area (Å²) in [6.07, 6.45) is 4.52. The number of carbonyl (C=O) groups is 1. The molecule has 1 saturated heterocycles. The summed E-state index contributed by atoms with van der Waals surface area (Å²) in [5.41, 5.74) is 2.19. The van der Waals surface area contributed by atoms with E-state index in [0.29, 0.717) is 11.3 Å². The first-order valence-corrected chi connectivity index (χ1v) is 10.3. The lowest BCUT2D eigenvalue weighted by molar-refractivity contribution is -0.134. The molecule has 2 heterocycles. The van der Waals surface area contributed by atoms with E-state index in [9.17, 15) is 13.2 Å². The van der Waals surface area contributed by atoms with E-state index in [1.807, 2.05) is 45.0 Å². The average molecular weight is 375 g/mol. The van der Waals surface area contributed by atoms with Gasteiger partial charge in [0.2, 0.25) is 0 Å². The molecule has 26 heavy (non-hydrogen) atoms. The van der Waals surface area contributed by atoms with Gasteiger partial charge in [0.25, 0.3) is 5.91 Å². The van der Waals surface area contributed by atoms with Crippen molar-refractivity contribution in [1.29, 1.82) is 0 Å². The van der Waals surface area contributed by atoms with E-state index in [4.69, 9.17) is 0 Å². The molecule has 0 saturated carbocycles. The standard InChI is InChI=1S/C19H25N3O3S/c1-13-8-10-16(11-9-13)17-12-18(21(4)26(24,25)20-17)19(23)22-14(2)6-5-7-15(22)3/h8-12,14-15H,5-7H2,1-4H3/t14-,15-/m0/s1. The Labute approximate surface area is 155 Å². The Bertz CT molecular complexity index is 862. The number of amides is 1. The van der Waals surface area contributed by atoms with Crippen molar-refractivity contribution in [2.75, 3.05) is 7.05 Å². The van der Waals surface area contributed by atoms with Crippen LogP contribution >= 0.6 is 0 Å². The van der Waals surface area contributed by atoms with E-state index < -0.39 is 10.2 Å². The molecule has 0 aliphatic carbocycles.